The molecule has 0 aromatic heterocycles. The van der Waals surface area contributed by atoms with Crippen molar-refractivity contribution in [1.82, 2.24) is 4.90 Å². The molecule has 2 heterocycles. The molecule has 160 valence electrons. The third-order valence-corrected chi connectivity index (χ3v) is 6.99. The number of methoxy groups -OCH3 is 1. The SMILES string of the molecule is COc1ccccc1N1CCN(CCCCCc2ccc3c(c2)NC(=O)CS3)CC1. The van der Waals surface area contributed by atoms with E-state index in [-0.39, 0.29) is 5.91 Å². The smallest absolute Gasteiger partial charge is 0.234 e. The molecule has 0 aliphatic carbocycles. The summed E-state index contributed by atoms with van der Waals surface area (Å²) in [5.41, 5.74) is 3.52. The van der Waals surface area contributed by atoms with Crippen molar-refractivity contribution in [3.05, 3.63) is 48.0 Å². The zero-order valence-electron chi connectivity index (χ0n) is 17.7. The number of para-hydroxylation sites is 2. The van der Waals surface area contributed by atoms with Crippen molar-refractivity contribution < 1.29 is 9.53 Å². The van der Waals surface area contributed by atoms with Gasteiger partial charge in [-0.15, -0.1) is 11.8 Å². The molecule has 0 atom stereocenters. The van der Waals surface area contributed by atoms with E-state index in [9.17, 15) is 4.79 Å². The molecule has 0 unspecified atom stereocenters. The summed E-state index contributed by atoms with van der Waals surface area (Å²) in [4.78, 5) is 17.8. The number of benzene rings is 2. The fraction of sp³-hybridized carbons (Fsp3) is 0.458. The summed E-state index contributed by atoms with van der Waals surface area (Å²) in [5, 5.41) is 2.99. The summed E-state index contributed by atoms with van der Waals surface area (Å²) in [7, 11) is 1.74. The van der Waals surface area contributed by atoms with Gasteiger partial charge >= 0.3 is 0 Å². The van der Waals surface area contributed by atoms with Crippen LogP contribution in [0, 0.1) is 0 Å². The van der Waals surface area contributed by atoms with Crippen LogP contribution >= 0.6 is 11.8 Å². The zero-order chi connectivity index (χ0) is 20.8. The number of carbonyl (C=O) groups excluding carboxylic acids is 1. The number of nitrogens with one attached hydrogen (secondary N) is 1. The summed E-state index contributed by atoms with van der Waals surface area (Å²) in [6.45, 7) is 5.51. The number of aryl methyl sites for hydroxylation is 1. The number of unbranched alkanes of at least 4 members (excludes halogenated alkanes) is 2. The van der Waals surface area contributed by atoms with Crippen molar-refractivity contribution in [3.8, 4) is 5.75 Å². The minimum absolute atomic E-state index is 0.107. The maximum absolute atomic E-state index is 11.6. The van der Waals surface area contributed by atoms with Gasteiger partial charge in [-0.05, 0) is 55.6 Å². The van der Waals surface area contributed by atoms with Gasteiger partial charge in [0.2, 0.25) is 5.91 Å². The minimum Gasteiger partial charge on any atom is -0.495 e. The highest BCUT2D eigenvalue weighted by atomic mass is 32.2. The average molecular weight is 426 g/mol. The van der Waals surface area contributed by atoms with Gasteiger partial charge in [0.1, 0.15) is 5.75 Å². The van der Waals surface area contributed by atoms with Crippen molar-refractivity contribution in [2.24, 2.45) is 0 Å². The molecule has 0 spiro atoms. The standard InChI is InChI=1S/C24H31N3O2S/c1-29-22-9-5-4-8-21(22)27-15-13-26(14-16-27)12-6-2-3-7-19-10-11-23-20(17-19)25-24(28)18-30-23/h4-5,8-11,17H,2-3,6-7,12-16,18H2,1H3,(H,25,28). The zero-order valence-corrected chi connectivity index (χ0v) is 18.5. The van der Waals surface area contributed by atoms with Crippen LogP contribution in [0.15, 0.2) is 47.4 Å². The van der Waals surface area contributed by atoms with E-state index in [1.54, 1.807) is 18.9 Å². The molecule has 2 aliphatic heterocycles. The summed E-state index contributed by atoms with van der Waals surface area (Å²) >= 11 is 1.63. The molecule has 2 aliphatic rings. The Labute approximate surface area is 183 Å². The molecule has 2 aromatic carbocycles. The molecule has 6 heteroatoms. The first-order valence-electron chi connectivity index (χ1n) is 10.9. The Bertz CT molecular complexity index is 865. The molecular formula is C24H31N3O2S. The third-order valence-electron chi connectivity index (χ3n) is 5.91. The molecule has 2 aromatic rings. The van der Waals surface area contributed by atoms with Crippen LogP contribution in [-0.2, 0) is 11.2 Å². The van der Waals surface area contributed by atoms with Crippen LogP contribution in [0.25, 0.3) is 0 Å². The molecule has 1 amide bonds. The Balaban J connectivity index is 1.15. The number of hydrogen-bond donors (Lipinski definition) is 1. The first-order chi connectivity index (χ1) is 14.7. The number of carbonyl (C=O) groups is 1. The number of hydrogen-bond acceptors (Lipinski definition) is 5. The van der Waals surface area contributed by atoms with Crippen molar-refractivity contribution in [2.45, 2.75) is 30.6 Å². The number of anilines is 2. The second-order valence-electron chi connectivity index (χ2n) is 7.98. The summed E-state index contributed by atoms with van der Waals surface area (Å²) < 4.78 is 5.51. The Morgan fingerprint density at radius 2 is 1.87 bits per heavy atom. The second kappa shape index (κ2) is 10.2. The van der Waals surface area contributed by atoms with Gasteiger partial charge in [0, 0.05) is 31.1 Å². The van der Waals surface area contributed by atoms with Gasteiger partial charge in [-0.2, -0.15) is 0 Å². The van der Waals surface area contributed by atoms with Gasteiger partial charge in [-0.25, -0.2) is 0 Å². The van der Waals surface area contributed by atoms with Gasteiger partial charge < -0.3 is 15.0 Å². The number of nitrogens with zero attached hydrogens (tertiary/aromatic N) is 2. The predicted octanol–water partition coefficient (Wildman–Crippen LogP) is 4.27. The van der Waals surface area contributed by atoms with Crippen molar-refractivity contribution in [1.29, 1.82) is 0 Å². The van der Waals surface area contributed by atoms with Crippen LogP contribution in [0.3, 0.4) is 0 Å². The van der Waals surface area contributed by atoms with Crippen LogP contribution in [-0.4, -0.2) is 56.4 Å². The van der Waals surface area contributed by atoms with E-state index in [1.807, 2.05) is 12.1 Å². The minimum atomic E-state index is 0.107. The predicted molar refractivity (Wildman–Crippen MR) is 125 cm³/mol. The van der Waals surface area contributed by atoms with Gasteiger partial charge in [-0.1, -0.05) is 24.6 Å². The average Bonchev–Trinajstić information content (AvgIpc) is 2.79. The Morgan fingerprint density at radius 1 is 1.03 bits per heavy atom. The van der Waals surface area contributed by atoms with E-state index in [4.69, 9.17) is 4.74 Å². The van der Waals surface area contributed by atoms with Gasteiger partial charge in [0.05, 0.1) is 24.2 Å². The number of ether oxygens (including phenoxy) is 1. The normalized spacial score (nSPS) is 16.8. The molecule has 5 nitrogen and oxygen atoms in total. The maximum Gasteiger partial charge on any atom is 0.234 e. The fourth-order valence-electron chi connectivity index (χ4n) is 4.23. The first kappa shape index (κ1) is 21.1. The fourth-order valence-corrected chi connectivity index (χ4v) is 5.02. The summed E-state index contributed by atoms with van der Waals surface area (Å²) in [5.74, 6) is 1.60. The largest absolute Gasteiger partial charge is 0.495 e. The maximum atomic E-state index is 11.6. The lowest BCUT2D eigenvalue weighted by atomic mass is 10.1. The quantitative estimate of drug-likeness (QED) is 0.640. The molecule has 1 saturated heterocycles. The van der Waals surface area contributed by atoms with Crippen molar-refractivity contribution in [3.63, 3.8) is 0 Å². The number of fused-ring (bicyclic) bond motifs is 1. The van der Waals surface area contributed by atoms with E-state index in [0.717, 1.165) is 44.0 Å². The molecule has 0 bridgehead atoms. The van der Waals surface area contributed by atoms with Gasteiger partial charge in [0.25, 0.3) is 0 Å². The molecular weight excluding hydrogens is 394 g/mol. The number of amides is 1. The van der Waals surface area contributed by atoms with Crippen LogP contribution in [0.1, 0.15) is 24.8 Å². The van der Waals surface area contributed by atoms with E-state index in [1.165, 1.54) is 42.0 Å². The van der Waals surface area contributed by atoms with Gasteiger partial charge in [0.15, 0.2) is 0 Å². The van der Waals surface area contributed by atoms with E-state index in [0.29, 0.717) is 5.75 Å². The Kier molecular flexibility index (Phi) is 7.18. The van der Waals surface area contributed by atoms with Gasteiger partial charge in [-0.3, -0.25) is 9.69 Å². The lowest BCUT2D eigenvalue weighted by Gasteiger charge is -2.36. The Morgan fingerprint density at radius 3 is 2.70 bits per heavy atom. The van der Waals surface area contributed by atoms with Crippen LogP contribution < -0.4 is 15.0 Å². The number of piperazine rings is 1. The third kappa shape index (κ3) is 5.29. The summed E-state index contributed by atoms with van der Waals surface area (Å²) in [6, 6.07) is 14.8. The molecule has 1 fully saturated rings. The van der Waals surface area contributed by atoms with E-state index < -0.39 is 0 Å². The highest BCUT2D eigenvalue weighted by Crippen LogP contribution is 2.32. The van der Waals surface area contributed by atoms with Crippen molar-refractivity contribution in [2.75, 3.05) is 55.8 Å². The van der Waals surface area contributed by atoms with Crippen LogP contribution in [0.5, 0.6) is 5.75 Å². The molecule has 1 N–H and O–H groups in total. The Hall–Kier alpha value is -2.18. The van der Waals surface area contributed by atoms with Crippen LogP contribution in [0.2, 0.25) is 0 Å². The molecule has 0 radical (unpaired) electrons. The second-order valence-corrected chi connectivity index (χ2v) is 9.00. The summed E-state index contributed by atoms with van der Waals surface area (Å²) in [6.07, 6.45) is 4.76. The van der Waals surface area contributed by atoms with E-state index >= 15 is 0 Å². The number of thioether (sulfide) groups is 1. The topological polar surface area (TPSA) is 44.8 Å². The highest BCUT2D eigenvalue weighted by molar-refractivity contribution is 8.00. The number of rotatable bonds is 8. The molecule has 4 rings (SSSR count). The molecule has 30 heavy (non-hydrogen) atoms. The van der Waals surface area contributed by atoms with Crippen molar-refractivity contribution >= 4 is 29.0 Å². The monoisotopic (exact) mass is 425 g/mol. The first-order valence-corrected chi connectivity index (χ1v) is 11.9. The van der Waals surface area contributed by atoms with E-state index in [2.05, 4.69) is 45.4 Å². The highest BCUT2D eigenvalue weighted by Gasteiger charge is 2.19. The lowest BCUT2D eigenvalue weighted by Crippen LogP contribution is -2.46. The lowest BCUT2D eigenvalue weighted by molar-refractivity contribution is -0.113. The van der Waals surface area contributed by atoms with Crippen LogP contribution in [0.4, 0.5) is 11.4 Å². The molecule has 0 saturated carbocycles.